The van der Waals surface area contributed by atoms with Crippen LogP contribution < -0.4 is 0 Å². The molecule has 0 fully saturated rings. The molecule has 5 heteroatoms. The Labute approximate surface area is 102 Å². The average Bonchev–Trinajstić information content (AvgIpc) is 2.91. The molecule has 0 bridgehead atoms. The van der Waals surface area contributed by atoms with Crippen molar-refractivity contribution in [3.63, 3.8) is 0 Å². The van der Waals surface area contributed by atoms with Gasteiger partial charge in [0.05, 0.1) is 5.52 Å². The molecule has 2 heterocycles. The molecule has 0 unspecified atom stereocenters. The van der Waals surface area contributed by atoms with Crippen LogP contribution in [0.15, 0.2) is 49.1 Å². The van der Waals surface area contributed by atoms with Gasteiger partial charge in [0.1, 0.15) is 11.9 Å². The number of benzene rings is 1. The summed E-state index contributed by atoms with van der Waals surface area (Å²) in [6.07, 6.45) is 4.79. The number of para-hydroxylation sites is 1. The molecule has 0 saturated heterocycles. The Bertz CT molecular complexity index is 720. The summed E-state index contributed by atoms with van der Waals surface area (Å²) in [5, 5.41) is 10.1. The second-order valence-corrected chi connectivity index (χ2v) is 3.83. The van der Waals surface area contributed by atoms with Crippen molar-refractivity contribution in [2.45, 2.75) is 0 Å². The number of nitrogens with zero attached hydrogens (tertiary/aromatic N) is 3. The first-order chi connectivity index (χ1) is 8.75. The lowest BCUT2D eigenvalue weighted by Crippen LogP contribution is -2.07. The van der Waals surface area contributed by atoms with Gasteiger partial charge in [-0.3, -0.25) is 4.57 Å². The van der Waals surface area contributed by atoms with E-state index < -0.39 is 5.97 Å². The molecule has 0 aliphatic heterocycles. The van der Waals surface area contributed by atoms with E-state index in [1.807, 2.05) is 24.3 Å². The molecule has 0 amide bonds. The summed E-state index contributed by atoms with van der Waals surface area (Å²) in [6.45, 7) is 0. The van der Waals surface area contributed by atoms with Gasteiger partial charge in [-0.2, -0.15) is 0 Å². The molecule has 1 N–H and O–H groups in total. The molecular weight excluding hydrogens is 230 g/mol. The van der Waals surface area contributed by atoms with Crippen LogP contribution in [-0.2, 0) is 0 Å². The molecule has 1 aromatic carbocycles. The fourth-order valence-corrected chi connectivity index (χ4v) is 1.84. The van der Waals surface area contributed by atoms with Crippen LogP contribution in [0.5, 0.6) is 0 Å². The fraction of sp³-hybridized carbons (Fsp3) is 0. The lowest BCUT2D eigenvalue weighted by molar-refractivity contribution is 0.0696. The minimum Gasteiger partial charge on any atom is -0.478 e. The second kappa shape index (κ2) is 3.96. The van der Waals surface area contributed by atoms with Gasteiger partial charge in [0.2, 0.25) is 0 Å². The maximum Gasteiger partial charge on any atom is 0.339 e. The highest BCUT2D eigenvalue weighted by Gasteiger charge is 2.14. The number of hydrogen-bond donors (Lipinski definition) is 1. The molecule has 88 valence electrons. The maximum absolute atomic E-state index is 11.3. The fourth-order valence-electron chi connectivity index (χ4n) is 1.84. The Balaban J connectivity index is 2.34. The van der Waals surface area contributed by atoms with Crippen molar-refractivity contribution < 1.29 is 9.90 Å². The summed E-state index contributed by atoms with van der Waals surface area (Å²) in [6, 6.07) is 9.04. The molecule has 0 atom stereocenters. The van der Waals surface area contributed by atoms with Crippen molar-refractivity contribution in [1.29, 1.82) is 0 Å². The van der Waals surface area contributed by atoms with Crippen molar-refractivity contribution in [3.05, 3.63) is 54.6 Å². The smallest absolute Gasteiger partial charge is 0.339 e. The summed E-state index contributed by atoms with van der Waals surface area (Å²) in [5.74, 6) is -0.629. The van der Waals surface area contributed by atoms with E-state index in [1.165, 1.54) is 6.33 Å². The molecule has 2 aromatic heterocycles. The predicted octanol–water partition coefficient (Wildman–Crippen LogP) is 2.12. The van der Waals surface area contributed by atoms with Gasteiger partial charge in [-0.05, 0) is 12.1 Å². The van der Waals surface area contributed by atoms with E-state index in [1.54, 1.807) is 23.0 Å². The first kappa shape index (κ1) is 10.5. The Morgan fingerprint density at radius 3 is 2.83 bits per heavy atom. The SMILES string of the molecule is O=C(O)c1cc2ccccc2nc1-n1ccnc1. The van der Waals surface area contributed by atoms with E-state index in [0.717, 1.165) is 10.9 Å². The van der Waals surface area contributed by atoms with Gasteiger partial charge >= 0.3 is 5.97 Å². The lowest BCUT2D eigenvalue weighted by Gasteiger charge is -2.07. The molecule has 0 saturated carbocycles. The quantitative estimate of drug-likeness (QED) is 0.743. The molecule has 0 aliphatic carbocycles. The maximum atomic E-state index is 11.3. The zero-order valence-corrected chi connectivity index (χ0v) is 9.32. The van der Waals surface area contributed by atoms with Crippen LogP contribution in [0.2, 0.25) is 0 Å². The standard InChI is InChI=1S/C13H9N3O2/c17-13(18)10-7-9-3-1-2-4-11(9)15-12(10)16-6-5-14-8-16/h1-8H,(H,17,18). The van der Waals surface area contributed by atoms with Crippen LogP contribution in [0.25, 0.3) is 16.7 Å². The minimum absolute atomic E-state index is 0.159. The summed E-state index contributed by atoms with van der Waals surface area (Å²) in [7, 11) is 0. The van der Waals surface area contributed by atoms with Crippen LogP contribution in [0.1, 0.15) is 10.4 Å². The van der Waals surface area contributed by atoms with Crippen LogP contribution in [0, 0.1) is 0 Å². The zero-order chi connectivity index (χ0) is 12.5. The largest absolute Gasteiger partial charge is 0.478 e. The Morgan fingerprint density at radius 2 is 2.11 bits per heavy atom. The number of aromatic nitrogens is 3. The van der Waals surface area contributed by atoms with Gasteiger partial charge in [0.15, 0.2) is 5.82 Å². The topological polar surface area (TPSA) is 68.0 Å². The number of pyridine rings is 1. The Morgan fingerprint density at radius 1 is 1.28 bits per heavy atom. The Kier molecular flexibility index (Phi) is 2.30. The van der Waals surface area contributed by atoms with Gasteiger partial charge in [0.25, 0.3) is 0 Å². The highest BCUT2D eigenvalue weighted by atomic mass is 16.4. The summed E-state index contributed by atoms with van der Waals surface area (Å²) < 4.78 is 1.59. The molecule has 0 radical (unpaired) electrons. The number of carbonyl (C=O) groups is 1. The molecule has 3 aromatic rings. The van der Waals surface area contributed by atoms with Gasteiger partial charge < -0.3 is 5.11 Å². The van der Waals surface area contributed by atoms with Crippen molar-refractivity contribution in [2.75, 3.05) is 0 Å². The number of hydrogen-bond acceptors (Lipinski definition) is 3. The van der Waals surface area contributed by atoms with Crippen LogP contribution in [0.4, 0.5) is 0 Å². The average molecular weight is 239 g/mol. The Hall–Kier alpha value is -2.69. The number of imidazole rings is 1. The van der Waals surface area contributed by atoms with Crippen molar-refractivity contribution in [3.8, 4) is 5.82 Å². The van der Waals surface area contributed by atoms with Crippen molar-refractivity contribution >= 4 is 16.9 Å². The molecule has 0 spiro atoms. The highest BCUT2D eigenvalue weighted by Crippen LogP contribution is 2.19. The molecule has 5 nitrogen and oxygen atoms in total. The van der Waals surface area contributed by atoms with Crippen LogP contribution in [0.3, 0.4) is 0 Å². The van der Waals surface area contributed by atoms with Crippen LogP contribution in [-0.4, -0.2) is 25.6 Å². The first-order valence-corrected chi connectivity index (χ1v) is 5.37. The van der Waals surface area contributed by atoms with E-state index in [2.05, 4.69) is 9.97 Å². The monoisotopic (exact) mass is 239 g/mol. The number of carboxylic acids is 1. The van der Waals surface area contributed by atoms with E-state index in [-0.39, 0.29) is 5.56 Å². The summed E-state index contributed by atoms with van der Waals surface area (Å²) in [5.41, 5.74) is 0.915. The number of fused-ring (bicyclic) bond motifs is 1. The lowest BCUT2D eigenvalue weighted by atomic mass is 10.1. The van der Waals surface area contributed by atoms with E-state index >= 15 is 0 Å². The first-order valence-electron chi connectivity index (χ1n) is 5.37. The summed E-state index contributed by atoms with van der Waals surface area (Å²) >= 11 is 0. The van der Waals surface area contributed by atoms with Gasteiger partial charge in [-0.15, -0.1) is 0 Å². The van der Waals surface area contributed by atoms with E-state index in [0.29, 0.717) is 5.82 Å². The van der Waals surface area contributed by atoms with Gasteiger partial charge in [-0.1, -0.05) is 18.2 Å². The minimum atomic E-state index is -1.00. The third-order valence-corrected chi connectivity index (χ3v) is 2.68. The third-order valence-electron chi connectivity index (χ3n) is 2.68. The zero-order valence-electron chi connectivity index (χ0n) is 9.32. The van der Waals surface area contributed by atoms with Gasteiger partial charge in [0, 0.05) is 17.8 Å². The van der Waals surface area contributed by atoms with Crippen molar-refractivity contribution in [2.24, 2.45) is 0 Å². The summed E-state index contributed by atoms with van der Waals surface area (Å²) in [4.78, 5) is 19.6. The highest BCUT2D eigenvalue weighted by molar-refractivity contribution is 5.96. The molecule has 18 heavy (non-hydrogen) atoms. The predicted molar refractivity (Wildman–Crippen MR) is 65.8 cm³/mol. The molecule has 0 aliphatic rings. The van der Waals surface area contributed by atoms with E-state index in [9.17, 15) is 9.90 Å². The molecular formula is C13H9N3O2. The van der Waals surface area contributed by atoms with E-state index in [4.69, 9.17) is 0 Å². The molecule has 3 rings (SSSR count). The van der Waals surface area contributed by atoms with Gasteiger partial charge in [-0.25, -0.2) is 14.8 Å². The normalized spacial score (nSPS) is 10.7. The van der Waals surface area contributed by atoms with Crippen molar-refractivity contribution in [1.82, 2.24) is 14.5 Å². The van der Waals surface area contributed by atoms with Crippen LogP contribution >= 0.6 is 0 Å². The second-order valence-electron chi connectivity index (χ2n) is 3.83. The number of carboxylic acid groups (broad SMARTS) is 1. The number of aromatic carboxylic acids is 1. The number of rotatable bonds is 2. The third kappa shape index (κ3) is 1.62.